The topological polar surface area (TPSA) is 52.3 Å². The van der Waals surface area contributed by atoms with Crippen LogP contribution in [0.1, 0.15) is 37.6 Å². The fourth-order valence-corrected chi connectivity index (χ4v) is 2.00. The summed E-state index contributed by atoms with van der Waals surface area (Å²) in [5.41, 5.74) is 6.78. The van der Waals surface area contributed by atoms with E-state index >= 15 is 0 Å². The third kappa shape index (κ3) is 4.38. The number of ether oxygens (including phenoxy) is 1. The van der Waals surface area contributed by atoms with Gasteiger partial charge in [0.05, 0.1) is 11.7 Å². The summed E-state index contributed by atoms with van der Waals surface area (Å²) >= 11 is 3.29. The number of anilines is 1. The number of carbonyl (C=O) groups is 1. The third-order valence-corrected chi connectivity index (χ3v) is 3.03. The van der Waals surface area contributed by atoms with Crippen LogP contribution in [0.5, 0.6) is 0 Å². The largest absolute Gasteiger partial charge is 0.459 e. The Bertz CT molecular complexity index is 404. The van der Waals surface area contributed by atoms with Crippen molar-refractivity contribution in [3.05, 3.63) is 28.2 Å². The van der Waals surface area contributed by atoms with E-state index in [1.807, 2.05) is 6.92 Å². The van der Waals surface area contributed by atoms with Crippen LogP contribution in [0.4, 0.5) is 5.69 Å². The molecule has 0 spiro atoms. The first kappa shape index (κ1) is 14.0. The normalized spacial score (nSPS) is 12.5. The molecule has 0 bridgehead atoms. The maximum atomic E-state index is 11.8. The van der Waals surface area contributed by atoms with Gasteiger partial charge in [-0.05, 0) is 53.4 Å². The monoisotopic (exact) mass is 299 g/mol. The van der Waals surface area contributed by atoms with E-state index in [4.69, 9.17) is 10.5 Å². The number of carbonyl (C=O) groups excluding carboxylic acids is 1. The first-order chi connectivity index (χ1) is 7.90. The van der Waals surface area contributed by atoms with Gasteiger partial charge in [0.25, 0.3) is 0 Å². The molecular weight excluding hydrogens is 282 g/mol. The zero-order chi connectivity index (χ0) is 13.0. The van der Waals surface area contributed by atoms with E-state index in [0.717, 1.165) is 6.42 Å². The summed E-state index contributed by atoms with van der Waals surface area (Å²) < 4.78 is 6.05. The van der Waals surface area contributed by atoms with Crippen LogP contribution >= 0.6 is 15.9 Å². The summed E-state index contributed by atoms with van der Waals surface area (Å²) in [6.07, 6.45) is 0.792. The molecule has 0 heterocycles. The van der Waals surface area contributed by atoms with Crippen molar-refractivity contribution in [2.75, 3.05) is 5.73 Å². The molecule has 1 unspecified atom stereocenters. The highest BCUT2D eigenvalue weighted by molar-refractivity contribution is 9.10. The molecule has 4 heteroatoms. The zero-order valence-electron chi connectivity index (χ0n) is 10.4. The molecule has 2 N–H and O–H groups in total. The average molecular weight is 300 g/mol. The van der Waals surface area contributed by atoms with Crippen LogP contribution in [0.2, 0.25) is 0 Å². The van der Waals surface area contributed by atoms with Crippen LogP contribution < -0.4 is 5.73 Å². The second kappa shape index (κ2) is 6.05. The quantitative estimate of drug-likeness (QED) is 0.682. The van der Waals surface area contributed by atoms with Gasteiger partial charge in [-0.25, -0.2) is 4.79 Å². The van der Waals surface area contributed by atoms with Crippen LogP contribution in [-0.2, 0) is 4.74 Å². The SMILES string of the molecule is CC(C)CC(C)OC(=O)c1ccc(N)c(Br)c1. The highest BCUT2D eigenvalue weighted by Gasteiger charge is 2.13. The molecule has 0 aromatic heterocycles. The average Bonchev–Trinajstić information content (AvgIpc) is 2.20. The van der Waals surface area contributed by atoms with Crippen LogP contribution in [0, 0.1) is 5.92 Å². The van der Waals surface area contributed by atoms with E-state index in [9.17, 15) is 4.79 Å². The van der Waals surface area contributed by atoms with Gasteiger partial charge < -0.3 is 10.5 Å². The van der Waals surface area contributed by atoms with Gasteiger partial charge in [-0.1, -0.05) is 13.8 Å². The molecule has 3 nitrogen and oxygen atoms in total. The van der Waals surface area contributed by atoms with Crippen molar-refractivity contribution in [3.8, 4) is 0 Å². The lowest BCUT2D eigenvalue weighted by Crippen LogP contribution is -2.17. The standard InChI is InChI=1S/C13H18BrNO2/c1-8(2)6-9(3)17-13(16)10-4-5-12(15)11(14)7-10/h4-5,7-9H,6,15H2,1-3H3. The van der Waals surface area contributed by atoms with E-state index in [1.165, 1.54) is 0 Å². The number of halogens is 1. The Kier molecular flexibility index (Phi) is 5.00. The molecule has 0 aliphatic heterocycles. The molecule has 0 aliphatic rings. The molecule has 0 saturated heterocycles. The highest BCUT2D eigenvalue weighted by atomic mass is 79.9. The number of nitrogen functional groups attached to an aromatic ring is 1. The molecule has 0 aliphatic carbocycles. The predicted octanol–water partition coefficient (Wildman–Crippen LogP) is 3.62. The first-order valence-electron chi connectivity index (χ1n) is 5.66. The lowest BCUT2D eigenvalue weighted by Gasteiger charge is -2.15. The maximum absolute atomic E-state index is 11.8. The fourth-order valence-electron chi connectivity index (χ4n) is 1.62. The van der Waals surface area contributed by atoms with Gasteiger partial charge >= 0.3 is 5.97 Å². The van der Waals surface area contributed by atoms with Gasteiger partial charge in [0.2, 0.25) is 0 Å². The minimum Gasteiger partial charge on any atom is -0.459 e. The number of nitrogens with two attached hydrogens (primary N) is 1. The lowest BCUT2D eigenvalue weighted by molar-refractivity contribution is 0.0299. The van der Waals surface area contributed by atoms with Crippen LogP contribution in [0.3, 0.4) is 0 Å². The lowest BCUT2D eigenvalue weighted by atomic mass is 10.1. The first-order valence-corrected chi connectivity index (χ1v) is 6.45. The molecule has 1 atom stereocenters. The highest BCUT2D eigenvalue weighted by Crippen LogP contribution is 2.21. The summed E-state index contributed by atoms with van der Waals surface area (Å²) in [6, 6.07) is 5.04. The van der Waals surface area contributed by atoms with Gasteiger partial charge in [-0.2, -0.15) is 0 Å². The van der Waals surface area contributed by atoms with E-state index in [2.05, 4.69) is 29.8 Å². The van der Waals surface area contributed by atoms with E-state index in [1.54, 1.807) is 18.2 Å². The Balaban J connectivity index is 2.66. The van der Waals surface area contributed by atoms with E-state index in [0.29, 0.717) is 21.6 Å². The van der Waals surface area contributed by atoms with Gasteiger partial charge in [0.15, 0.2) is 0 Å². The summed E-state index contributed by atoms with van der Waals surface area (Å²) in [5, 5.41) is 0. The molecule has 0 radical (unpaired) electrons. The van der Waals surface area contributed by atoms with Crippen LogP contribution in [-0.4, -0.2) is 12.1 Å². The number of hydrogen-bond acceptors (Lipinski definition) is 3. The van der Waals surface area contributed by atoms with E-state index < -0.39 is 0 Å². The summed E-state index contributed by atoms with van der Waals surface area (Å²) in [6.45, 7) is 6.11. The second-order valence-corrected chi connectivity index (χ2v) is 5.44. The smallest absolute Gasteiger partial charge is 0.338 e. The van der Waals surface area contributed by atoms with Gasteiger partial charge in [0, 0.05) is 10.2 Å². The van der Waals surface area contributed by atoms with Crippen molar-refractivity contribution in [2.45, 2.75) is 33.3 Å². The summed E-state index contributed by atoms with van der Waals surface area (Å²) in [7, 11) is 0. The zero-order valence-corrected chi connectivity index (χ0v) is 12.0. The molecule has 0 saturated carbocycles. The van der Waals surface area contributed by atoms with Crippen molar-refractivity contribution < 1.29 is 9.53 Å². The second-order valence-electron chi connectivity index (χ2n) is 4.58. The third-order valence-electron chi connectivity index (χ3n) is 2.35. The molecule has 0 fully saturated rings. The minimum atomic E-state index is -0.307. The number of esters is 1. The molecular formula is C13H18BrNO2. The van der Waals surface area contributed by atoms with Crippen molar-refractivity contribution in [3.63, 3.8) is 0 Å². The van der Waals surface area contributed by atoms with Gasteiger partial charge in [0.1, 0.15) is 0 Å². The summed E-state index contributed by atoms with van der Waals surface area (Å²) in [5.74, 6) is 0.204. The number of benzene rings is 1. The van der Waals surface area contributed by atoms with Crippen molar-refractivity contribution in [1.29, 1.82) is 0 Å². The Hall–Kier alpha value is -1.03. The molecule has 1 aromatic rings. The van der Waals surface area contributed by atoms with Crippen LogP contribution in [0.25, 0.3) is 0 Å². The Morgan fingerprint density at radius 1 is 1.41 bits per heavy atom. The Morgan fingerprint density at radius 2 is 2.06 bits per heavy atom. The van der Waals surface area contributed by atoms with Gasteiger partial charge in [-0.15, -0.1) is 0 Å². The summed E-state index contributed by atoms with van der Waals surface area (Å²) in [4.78, 5) is 11.8. The molecule has 94 valence electrons. The number of rotatable bonds is 4. The minimum absolute atomic E-state index is 0.0705. The van der Waals surface area contributed by atoms with E-state index in [-0.39, 0.29) is 12.1 Å². The van der Waals surface area contributed by atoms with Crippen molar-refractivity contribution >= 4 is 27.6 Å². The maximum Gasteiger partial charge on any atom is 0.338 e. The van der Waals surface area contributed by atoms with Crippen molar-refractivity contribution in [1.82, 2.24) is 0 Å². The Morgan fingerprint density at radius 3 is 2.59 bits per heavy atom. The van der Waals surface area contributed by atoms with Gasteiger partial charge in [-0.3, -0.25) is 0 Å². The Labute approximate surface area is 110 Å². The van der Waals surface area contributed by atoms with Crippen LogP contribution in [0.15, 0.2) is 22.7 Å². The number of hydrogen-bond donors (Lipinski definition) is 1. The molecule has 1 rings (SSSR count). The molecule has 0 amide bonds. The fraction of sp³-hybridized carbons (Fsp3) is 0.462. The molecule has 1 aromatic carbocycles. The molecule has 17 heavy (non-hydrogen) atoms. The predicted molar refractivity (Wildman–Crippen MR) is 72.9 cm³/mol. The van der Waals surface area contributed by atoms with Crippen molar-refractivity contribution in [2.24, 2.45) is 5.92 Å².